The molecule has 2 N–H and O–H groups in total. The average molecular weight is 168 g/mol. The maximum absolute atomic E-state index is 10.9. The van der Waals surface area contributed by atoms with Crippen LogP contribution in [0.1, 0.15) is 5.56 Å². The van der Waals surface area contributed by atoms with Crippen LogP contribution in [-0.2, 0) is 17.9 Å². The van der Waals surface area contributed by atoms with E-state index in [2.05, 4.69) is 5.32 Å². The Morgan fingerprint density at radius 3 is 3.00 bits per heavy atom. The van der Waals surface area contributed by atoms with Gasteiger partial charge in [-0.3, -0.25) is 4.79 Å². The van der Waals surface area contributed by atoms with Crippen molar-refractivity contribution >= 4 is 5.91 Å². The van der Waals surface area contributed by atoms with Crippen LogP contribution in [0, 0.1) is 0 Å². The summed E-state index contributed by atoms with van der Waals surface area (Å²) in [5.41, 5.74) is 0.818. The maximum atomic E-state index is 10.9. The van der Waals surface area contributed by atoms with Gasteiger partial charge in [-0.15, -0.1) is 0 Å². The summed E-state index contributed by atoms with van der Waals surface area (Å²) in [6.45, 7) is 0.317. The predicted octanol–water partition coefficient (Wildman–Crippen LogP) is -0.274. The van der Waals surface area contributed by atoms with Crippen LogP contribution in [0.25, 0.3) is 0 Å². The Labute approximate surface area is 70.8 Å². The van der Waals surface area contributed by atoms with Crippen molar-refractivity contribution in [3.8, 4) is 0 Å². The number of hydrogen-bond donors (Lipinski definition) is 2. The van der Waals surface area contributed by atoms with E-state index in [9.17, 15) is 4.79 Å². The van der Waals surface area contributed by atoms with Gasteiger partial charge in [0.05, 0.1) is 6.61 Å². The molecular weight excluding hydrogens is 156 g/mol. The number of aliphatic hydroxyl groups is 1. The maximum Gasteiger partial charge on any atom is 0.239 e. The van der Waals surface area contributed by atoms with E-state index in [4.69, 9.17) is 5.11 Å². The smallest absolute Gasteiger partial charge is 0.239 e. The molecule has 0 fully saturated rings. The normalized spacial score (nSPS) is 9.83. The molecule has 0 aromatic carbocycles. The molecule has 0 saturated heterocycles. The molecule has 12 heavy (non-hydrogen) atoms. The van der Waals surface area contributed by atoms with Crippen LogP contribution in [0.2, 0.25) is 0 Å². The van der Waals surface area contributed by atoms with Gasteiger partial charge < -0.3 is 15.0 Å². The molecule has 0 bridgehead atoms. The lowest BCUT2D eigenvalue weighted by molar-refractivity contribution is -0.121. The number of hydrogen-bond acceptors (Lipinski definition) is 2. The molecule has 4 nitrogen and oxygen atoms in total. The third-order valence-corrected chi connectivity index (χ3v) is 1.60. The Balaban J connectivity index is 2.58. The molecular formula is C8H12N2O2. The first-order chi connectivity index (χ1) is 5.76. The molecule has 0 aliphatic carbocycles. The van der Waals surface area contributed by atoms with E-state index in [0.717, 1.165) is 5.56 Å². The highest BCUT2D eigenvalue weighted by molar-refractivity contribution is 5.75. The monoisotopic (exact) mass is 168 g/mol. The van der Waals surface area contributed by atoms with Gasteiger partial charge >= 0.3 is 0 Å². The third-order valence-electron chi connectivity index (χ3n) is 1.60. The molecule has 1 amide bonds. The summed E-state index contributed by atoms with van der Waals surface area (Å²) in [7, 11) is 1.60. The highest BCUT2D eigenvalue weighted by Crippen LogP contribution is 1.99. The Morgan fingerprint density at radius 1 is 1.75 bits per heavy atom. The van der Waals surface area contributed by atoms with Crippen LogP contribution in [-0.4, -0.2) is 22.6 Å². The number of likely N-dealkylation sites (N-methyl/N-ethyl adjacent to an activating group) is 1. The van der Waals surface area contributed by atoms with Crippen molar-refractivity contribution in [2.45, 2.75) is 13.2 Å². The van der Waals surface area contributed by atoms with Crippen molar-refractivity contribution < 1.29 is 9.90 Å². The fourth-order valence-corrected chi connectivity index (χ4v) is 0.927. The largest absolute Gasteiger partial charge is 0.392 e. The Morgan fingerprint density at radius 2 is 2.50 bits per heavy atom. The number of carbonyl (C=O) groups is 1. The van der Waals surface area contributed by atoms with Crippen LogP contribution < -0.4 is 5.32 Å². The summed E-state index contributed by atoms with van der Waals surface area (Å²) in [6, 6.07) is 1.78. The third kappa shape index (κ3) is 2.10. The predicted molar refractivity (Wildman–Crippen MR) is 44.4 cm³/mol. The van der Waals surface area contributed by atoms with Crippen LogP contribution in [0.4, 0.5) is 0 Å². The van der Waals surface area contributed by atoms with E-state index in [1.165, 1.54) is 0 Å². The fraction of sp³-hybridized carbons (Fsp3) is 0.375. The van der Waals surface area contributed by atoms with E-state index in [1.54, 1.807) is 30.1 Å². The number of aliphatic hydroxyl groups excluding tert-OH is 1. The topological polar surface area (TPSA) is 54.3 Å². The van der Waals surface area contributed by atoms with Crippen LogP contribution in [0.15, 0.2) is 18.5 Å². The zero-order chi connectivity index (χ0) is 8.97. The number of aromatic nitrogens is 1. The molecule has 1 rings (SSSR count). The quantitative estimate of drug-likeness (QED) is 0.652. The second-order valence-electron chi connectivity index (χ2n) is 2.52. The minimum atomic E-state index is -0.0462. The van der Waals surface area contributed by atoms with E-state index < -0.39 is 0 Å². The molecule has 1 aromatic rings. The number of nitrogens with zero attached hydrogens (tertiary/aromatic N) is 1. The Hall–Kier alpha value is -1.29. The summed E-state index contributed by atoms with van der Waals surface area (Å²) in [4.78, 5) is 10.9. The molecule has 0 spiro atoms. The molecule has 0 aliphatic rings. The summed E-state index contributed by atoms with van der Waals surface area (Å²) < 4.78 is 1.73. The highest BCUT2D eigenvalue weighted by Gasteiger charge is 1.99. The number of rotatable bonds is 3. The Kier molecular flexibility index (Phi) is 2.88. The van der Waals surface area contributed by atoms with Crippen LogP contribution >= 0.6 is 0 Å². The standard InChI is InChI=1S/C8H12N2O2/c1-9-8(12)5-10-3-2-7(4-10)6-11/h2-4,11H,5-6H2,1H3,(H,9,12). The van der Waals surface area contributed by atoms with Gasteiger partial charge in [0.2, 0.25) is 5.91 Å². The summed E-state index contributed by atoms with van der Waals surface area (Å²) >= 11 is 0. The van der Waals surface area contributed by atoms with Crippen molar-refractivity contribution in [1.82, 2.24) is 9.88 Å². The lowest BCUT2D eigenvalue weighted by atomic mass is 10.4. The minimum Gasteiger partial charge on any atom is -0.392 e. The van der Waals surface area contributed by atoms with Gasteiger partial charge in [0.25, 0.3) is 0 Å². The van der Waals surface area contributed by atoms with Gasteiger partial charge in [-0.2, -0.15) is 0 Å². The van der Waals surface area contributed by atoms with Gasteiger partial charge in [-0.1, -0.05) is 0 Å². The molecule has 1 heterocycles. The van der Waals surface area contributed by atoms with Crippen molar-refractivity contribution in [3.05, 3.63) is 24.0 Å². The molecule has 66 valence electrons. The lowest BCUT2D eigenvalue weighted by Gasteiger charge is -1.99. The first-order valence-electron chi connectivity index (χ1n) is 3.72. The number of nitrogens with one attached hydrogen (secondary N) is 1. The van der Waals surface area contributed by atoms with Crippen molar-refractivity contribution in [2.75, 3.05) is 7.05 Å². The van der Waals surface area contributed by atoms with Crippen molar-refractivity contribution in [1.29, 1.82) is 0 Å². The zero-order valence-corrected chi connectivity index (χ0v) is 6.95. The first-order valence-corrected chi connectivity index (χ1v) is 3.72. The SMILES string of the molecule is CNC(=O)Cn1ccc(CO)c1. The van der Waals surface area contributed by atoms with Gasteiger partial charge in [0.15, 0.2) is 0 Å². The molecule has 4 heteroatoms. The summed E-state index contributed by atoms with van der Waals surface area (Å²) in [5, 5.41) is 11.2. The number of carbonyl (C=O) groups excluding carboxylic acids is 1. The molecule has 0 radical (unpaired) electrons. The van der Waals surface area contributed by atoms with Crippen LogP contribution in [0.5, 0.6) is 0 Å². The van der Waals surface area contributed by atoms with Crippen molar-refractivity contribution in [3.63, 3.8) is 0 Å². The zero-order valence-electron chi connectivity index (χ0n) is 6.95. The van der Waals surface area contributed by atoms with E-state index >= 15 is 0 Å². The number of amides is 1. The van der Waals surface area contributed by atoms with Gasteiger partial charge in [-0.25, -0.2) is 0 Å². The molecule has 1 aromatic heterocycles. The first kappa shape index (κ1) is 8.80. The van der Waals surface area contributed by atoms with Crippen LogP contribution in [0.3, 0.4) is 0 Å². The summed E-state index contributed by atoms with van der Waals surface area (Å²) in [5.74, 6) is -0.0462. The van der Waals surface area contributed by atoms with Gasteiger partial charge in [-0.05, 0) is 11.6 Å². The lowest BCUT2D eigenvalue weighted by Crippen LogP contribution is -2.22. The van der Waals surface area contributed by atoms with Gasteiger partial charge in [0, 0.05) is 19.4 Å². The second kappa shape index (κ2) is 3.92. The Bertz CT molecular complexity index is 268. The average Bonchev–Trinajstić information content (AvgIpc) is 2.52. The molecule has 0 aliphatic heterocycles. The molecule has 0 atom stereocenters. The molecule has 0 unspecified atom stereocenters. The molecule has 0 saturated carbocycles. The van der Waals surface area contributed by atoms with E-state index in [-0.39, 0.29) is 12.5 Å². The second-order valence-corrected chi connectivity index (χ2v) is 2.52. The van der Waals surface area contributed by atoms with E-state index in [1.807, 2.05) is 0 Å². The fourth-order valence-electron chi connectivity index (χ4n) is 0.927. The van der Waals surface area contributed by atoms with E-state index in [0.29, 0.717) is 6.54 Å². The van der Waals surface area contributed by atoms with Gasteiger partial charge in [0.1, 0.15) is 6.54 Å². The highest BCUT2D eigenvalue weighted by atomic mass is 16.3. The van der Waals surface area contributed by atoms with Crippen molar-refractivity contribution in [2.24, 2.45) is 0 Å². The summed E-state index contributed by atoms with van der Waals surface area (Å²) in [6.07, 6.45) is 3.51. The minimum absolute atomic E-state index is 0.0146.